The van der Waals surface area contributed by atoms with Crippen molar-refractivity contribution < 1.29 is 8.42 Å². The Kier molecular flexibility index (Phi) is 5.39. The topological polar surface area (TPSA) is 144 Å². The van der Waals surface area contributed by atoms with Crippen LogP contribution < -0.4 is 10.9 Å². The number of benzene rings is 1. The lowest BCUT2D eigenvalue weighted by Gasteiger charge is -2.46. The van der Waals surface area contributed by atoms with Gasteiger partial charge < -0.3 is 10.6 Å². The highest BCUT2D eigenvalue weighted by atomic mass is 32.2. The number of tetrazole rings is 1. The molecular formula is C22H33N7O2S. The second-order valence-electron chi connectivity index (χ2n) is 10.4. The van der Waals surface area contributed by atoms with Gasteiger partial charge in [0.15, 0.2) is 0 Å². The van der Waals surface area contributed by atoms with E-state index in [0.717, 1.165) is 63.7 Å². The number of hydrogen-bond acceptors (Lipinski definition) is 7. The molecule has 5 N–H and O–H groups in total. The summed E-state index contributed by atoms with van der Waals surface area (Å²) in [6.45, 7) is 5.07. The fourth-order valence-electron chi connectivity index (χ4n) is 5.90. The maximum atomic E-state index is 12.5. The average molecular weight is 460 g/mol. The van der Waals surface area contributed by atoms with Crippen molar-refractivity contribution in [3.63, 3.8) is 0 Å². The van der Waals surface area contributed by atoms with Crippen molar-refractivity contribution in [1.82, 2.24) is 25.5 Å². The number of primary sulfonamides is 1. The van der Waals surface area contributed by atoms with E-state index in [1.54, 1.807) is 6.92 Å². The van der Waals surface area contributed by atoms with E-state index in [-0.39, 0.29) is 22.2 Å². The normalized spacial score (nSPS) is 23.5. The molecule has 0 atom stereocenters. The second-order valence-corrected chi connectivity index (χ2v) is 11.9. The number of nitrogens with zero attached hydrogens (tertiary/aromatic N) is 4. The van der Waals surface area contributed by atoms with E-state index >= 15 is 0 Å². The molecule has 0 amide bonds. The Morgan fingerprint density at radius 1 is 1.12 bits per heavy atom. The molecule has 5 rings (SSSR count). The summed E-state index contributed by atoms with van der Waals surface area (Å²) in [6.07, 6.45) is 9.14. The fraction of sp³-hybridized carbons (Fsp3) is 0.682. The van der Waals surface area contributed by atoms with Crippen molar-refractivity contribution in [3.8, 4) is 11.4 Å². The third kappa shape index (κ3) is 4.21. The highest BCUT2D eigenvalue weighted by Gasteiger charge is 2.43. The van der Waals surface area contributed by atoms with Crippen LogP contribution in [0.3, 0.4) is 0 Å². The number of aromatic amines is 1. The number of sulfonamides is 1. The summed E-state index contributed by atoms with van der Waals surface area (Å²) in [5.74, 6) is 0.545. The Labute approximate surface area is 189 Å². The smallest absolute Gasteiger partial charge is 0.239 e. The molecule has 174 valence electrons. The monoisotopic (exact) mass is 459 g/mol. The number of aromatic nitrogens is 4. The summed E-state index contributed by atoms with van der Waals surface area (Å²) in [5, 5.41) is 19.9. The molecule has 0 unspecified atom stereocenters. The first kappa shape index (κ1) is 21.9. The van der Waals surface area contributed by atoms with Crippen LogP contribution in [-0.4, -0.2) is 59.1 Å². The summed E-state index contributed by atoms with van der Waals surface area (Å²) in [4.78, 5) is 2.66. The molecule has 3 fully saturated rings. The third-order valence-electron chi connectivity index (χ3n) is 8.07. The van der Waals surface area contributed by atoms with Crippen LogP contribution in [0.25, 0.3) is 11.4 Å². The van der Waals surface area contributed by atoms with Gasteiger partial charge in [0.25, 0.3) is 0 Å². The summed E-state index contributed by atoms with van der Waals surface area (Å²) < 4.78 is 24.9. The number of likely N-dealkylation sites (tertiary alicyclic amines) is 1. The van der Waals surface area contributed by atoms with Crippen LogP contribution in [0, 0.1) is 12.3 Å². The predicted molar refractivity (Wildman–Crippen MR) is 121 cm³/mol. The van der Waals surface area contributed by atoms with E-state index in [9.17, 15) is 8.42 Å². The quantitative estimate of drug-likeness (QED) is 0.620. The Morgan fingerprint density at radius 2 is 1.81 bits per heavy atom. The number of H-pyrrole nitrogens is 1. The molecule has 1 aromatic heterocycles. The maximum absolute atomic E-state index is 12.5. The van der Waals surface area contributed by atoms with Crippen molar-refractivity contribution >= 4 is 10.0 Å². The van der Waals surface area contributed by atoms with Crippen LogP contribution in [0.2, 0.25) is 0 Å². The van der Waals surface area contributed by atoms with Gasteiger partial charge in [0.1, 0.15) is 0 Å². The van der Waals surface area contributed by atoms with Gasteiger partial charge >= 0.3 is 0 Å². The summed E-state index contributed by atoms with van der Waals surface area (Å²) in [7, 11) is -3.93. The number of rotatable bonds is 5. The van der Waals surface area contributed by atoms with E-state index in [4.69, 9.17) is 10.9 Å². The molecule has 1 spiro atoms. The standard InChI is InChI=1S/C22H33N7O2S/c1-15-2-3-17(18(19(15)32(24,30)31)20-25-27-28-26-20)16-4-6-21(7-5-16)10-12-29(13-11-21)14-22(23)8-9-22/h2-3,16H,4-14,23H2,1H3,(H2,24,30,31)(H,25,26,27,28). The third-order valence-corrected chi connectivity index (χ3v) is 9.17. The zero-order valence-corrected chi connectivity index (χ0v) is 19.5. The van der Waals surface area contributed by atoms with Crippen LogP contribution in [0.5, 0.6) is 0 Å². The number of piperidine rings is 1. The lowest BCUT2D eigenvalue weighted by Crippen LogP contribution is -2.47. The average Bonchev–Trinajstić information content (AvgIpc) is 3.24. The minimum Gasteiger partial charge on any atom is -0.324 e. The molecular weight excluding hydrogens is 426 g/mol. The molecule has 0 radical (unpaired) electrons. The molecule has 2 aromatic rings. The van der Waals surface area contributed by atoms with E-state index in [2.05, 4.69) is 25.5 Å². The van der Waals surface area contributed by atoms with Gasteiger partial charge in [0, 0.05) is 17.6 Å². The molecule has 1 aromatic carbocycles. The Balaban J connectivity index is 1.35. The van der Waals surface area contributed by atoms with Gasteiger partial charge in [0.05, 0.1) is 4.90 Å². The highest BCUT2D eigenvalue weighted by Crippen LogP contribution is 2.51. The van der Waals surface area contributed by atoms with Crippen molar-refractivity contribution in [2.75, 3.05) is 19.6 Å². The van der Waals surface area contributed by atoms with Gasteiger partial charge in [-0.3, -0.25) is 0 Å². The summed E-state index contributed by atoms with van der Waals surface area (Å²) >= 11 is 0. The minimum atomic E-state index is -3.93. The Morgan fingerprint density at radius 3 is 2.38 bits per heavy atom. The maximum Gasteiger partial charge on any atom is 0.239 e. The number of nitrogens with one attached hydrogen (secondary N) is 1. The van der Waals surface area contributed by atoms with Crippen molar-refractivity contribution in [2.24, 2.45) is 16.3 Å². The number of nitrogens with two attached hydrogens (primary N) is 2. The minimum absolute atomic E-state index is 0.0835. The molecule has 0 bridgehead atoms. The van der Waals surface area contributed by atoms with Gasteiger partial charge in [-0.2, -0.15) is 5.21 Å². The molecule has 1 aliphatic heterocycles. The van der Waals surface area contributed by atoms with E-state index in [1.165, 1.54) is 12.8 Å². The number of hydrogen-bond donors (Lipinski definition) is 3. The molecule has 2 aliphatic carbocycles. The molecule has 3 aliphatic rings. The van der Waals surface area contributed by atoms with Crippen LogP contribution in [0.4, 0.5) is 0 Å². The Hall–Kier alpha value is -1.88. The van der Waals surface area contributed by atoms with Crippen LogP contribution in [0.15, 0.2) is 17.0 Å². The first-order chi connectivity index (χ1) is 15.2. The van der Waals surface area contributed by atoms with Crippen molar-refractivity contribution in [3.05, 3.63) is 23.3 Å². The van der Waals surface area contributed by atoms with Crippen LogP contribution in [-0.2, 0) is 10.0 Å². The molecule has 1 saturated heterocycles. The SMILES string of the molecule is Cc1ccc(C2CCC3(CC2)CCN(CC2(N)CC2)CC3)c(-c2nn[nH]n2)c1S(N)(=O)=O. The van der Waals surface area contributed by atoms with Crippen LogP contribution in [0.1, 0.15) is 68.4 Å². The first-order valence-electron chi connectivity index (χ1n) is 11.6. The van der Waals surface area contributed by atoms with Crippen molar-refractivity contribution in [2.45, 2.75) is 74.6 Å². The number of aryl methyl sites for hydroxylation is 1. The zero-order valence-electron chi connectivity index (χ0n) is 18.7. The molecule has 9 nitrogen and oxygen atoms in total. The Bertz CT molecular complexity index is 1080. The first-order valence-corrected chi connectivity index (χ1v) is 13.1. The second kappa shape index (κ2) is 7.86. The van der Waals surface area contributed by atoms with E-state index in [0.29, 0.717) is 16.5 Å². The summed E-state index contributed by atoms with van der Waals surface area (Å²) in [6, 6.07) is 3.87. The van der Waals surface area contributed by atoms with E-state index in [1.807, 2.05) is 12.1 Å². The van der Waals surface area contributed by atoms with E-state index < -0.39 is 10.0 Å². The lowest BCUT2D eigenvalue weighted by molar-refractivity contribution is 0.0582. The van der Waals surface area contributed by atoms with Gasteiger partial charge in [0.2, 0.25) is 15.8 Å². The van der Waals surface area contributed by atoms with Crippen LogP contribution >= 0.6 is 0 Å². The molecule has 2 saturated carbocycles. The van der Waals surface area contributed by atoms with Gasteiger partial charge in [-0.15, -0.1) is 10.2 Å². The summed E-state index contributed by atoms with van der Waals surface area (Å²) in [5.41, 5.74) is 8.89. The largest absolute Gasteiger partial charge is 0.324 e. The van der Waals surface area contributed by atoms with Gasteiger partial charge in [-0.25, -0.2) is 13.6 Å². The predicted octanol–water partition coefficient (Wildman–Crippen LogP) is 2.05. The zero-order chi connectivity index (χ0) is 22.6. The van der Waals surface area contributed by atoms with Gasteiger partial charge in [-0.1, -0.05) is 12.1 Å². The lowest BCUT2D eigenvalue weighted by atomic mass is 9.64. The fourth-order valence-corrected chi connectivity index (χ4v) is 6.91. The molecule has 10 heteroatoms. The highest BCUT2D eigenvalue weighted by molar-refractivity contribution is 7.89. The van der Waals surface area contributed by atoms with Crippen molar-refractivity contribution in [1.29, 1.82) is 0 Å². The molecule has 32 heavy (non-hydrogen) atoms. The molecule has 2 heterocycles. The van der Waals surface area contributed by atoms with Gasteiger partial charge in [-0.05, 0) is 99.1 Å².